The molecule has 0 bridgehead atoms. The second-order valence-corrected chi connectivity index (χ2v) is 15.5. The number of unbranched alkanes of at least 4 members (excludes halogenated alkanes) is 1. The number of hydrogen-bond acceptors (Lipinski definition) is 10. The van der Waals surface area contributed by atoms with Gasteiger partial charge in [0.1, 0.15) is 23.8 Å². The average Bonchev–Trinajstić information content (AvgIpc) is 3.52. The van der Waals surface area contributed by atoms with Crippen molar-refractivity contribution in [2.24, 2.45) is 0 Å². The van der Waals surface area contributed by atoms with Crippen LogP contribution in [0.3, 0.4) is 0 Å². The molecule has 1 fully saturated rings. The standard InChI is InChI=1S/C33H43N3O7S2/c1-32(2,3)42-27(37)19-35-18-26(25-15-11-17-44-25)45-20-24(30(35)40)34-23(31(41)43-33(4,5)6)14-9-10-16-36-28(38)21-12-7-8-13-22(21)29(36)39/h7-8,11-13,15,17,23-24,26,34H,9-10,14,16,18-20H2,1-6H3/t23-,24?,26?/m0/s1. The molecule has 0 saturated carbocycles. The molecule has 2 aromatic rings. The van der Waals surface area contributed by atoms with Gasteiger partial charge in [-0.25, -0.2) is 0 Å². The number of carbonyl (C=O) groups excluding carboxylic acids is 5. The number of rotatable bonds is 11. The Morgan fingerprint density at radius 1 is 0.933 bits per heavy atom. The van der Waals surface area contributed by atoms with Crippen LogP contribution >= 0.6 is 23.1 Å². The number of ether oxygens (including phenoxy) is 2. The Labute approximate surface area is 273 Å². The normalized spacial score (nSPS) is 19.7. The lowest BCUT2D eigenvalue weighted by molar-refractivity contribution is -0.160. The molecule has 1 N–H and O–H groups in total. The number of fused-ring (bicyclic) bond motifs is 1. The summed E-state index contributed by atoms with van der Waals surface area (Å²) in [6.07, 6.45) is 1.30. The van der Waals surface area contributed by atoms with Gasteiger partial charge in [-0.15, -0.1) is 23.1 Å². The van der Waals surface area contributed by atoms with Gasteiger partial charge in [-0.3, -0.25) is 34.2 Å². The zero-order chi connectivity index (χ0) is 32.9. The Morgan fingerprint density at radius 2 is 1.58 bits per heavy atom. The number of thioether (sulfide) groups is 1. The molecule has 1 aromatic carbocycles. The molecule has 1 saturated heterocycles. The molecule has 0 radical (unpaired) electrons. The van der Waals surface area contributed by atoms with Crippen molar-refractivity contribution in [3.8, 4) is 0 Å². The largest absolute Gasteiger partial charge is 0.459 e. The van der Waals surface area contributed by atoms with Crippen LogP contribution < -0.4 is 5.32 Å². The van der Waals surface area contributed by atoms with E-state index in [1.165, 1.54) is 9.80 Å². The Morgan fingerprint density at radius 3 is 2.16 bits per heavy atom. The summed E-state index contributed by atoms with van der Waals surface area (Å²) in [4.78, 5) is 69.5. The first-order valence-electron chi connectivity index (χ1n) is 15.2. The lowest BCUT2D eigenvalue weighted by Gasteiger charge is -2.30. The van der Waals surface area contributed by atoms with Crippen LogP contribution in [-0.2, 0) is 23.9 Å². The number of benzene rings is 1. The second-order valence-electron chi connectivity index (χ2n) is 13.3. The molecule has 2 aliphatic rings. The van der Waals surface area contributed by atoms with E-state index in [1.807, 2.05) is 17.5 Å². The third-order valence-corrected chi connectivity index (χ3v) is 9.62. The van der Waals surface area contributed by atoms with Gasteiger partial charge in [0.25, 0.3) is 11.8 Å². The number of thiophene rings is 1. The van der Waals surface area contributed by atoms with Crippen LogP contribution in [0.25, 0.3) is 0 Å². The van der Waals surface area contributed by atoms with Crippen LogP contribution in [0.1, 0.15) is 91.6 Å². The van der Waals surface area contributed by atoms with E-state index in [1.54, 1.807) is 88.9 Å². The van der Waals surface area contributed by atoms with Gasteiger partial charge in [-0.2, -0.15) is 0 Å². The maximum absolute atomic E-state index is 13.9. The summed E-state index contributed by atoms with van der Waals surface area (Å²) in [6.45, 7) is 11.0. The van der Waals surface area contributed by atoms with E-state index in [2.05, 4.69) is 5.32 Å². The molecular formula is C33H43N3O7S2. The molecule has 12 heteroatoms. The SMILES string of the molecule is CC(C)(C)OC(=O)CN1CC(c2cccs2)SCC(N[C@@H](CCCCN2C(=O)c3ccccc3C2=O)C(=O)OC(C)(C)C)C1=O. The number of carbonyl (C=O) groups is 5. The van der Waals surface area contributed by atoms with Gasteiger partial charge >= 0.3 is 11.9 Å². The van der Waals surface area contributed by atoms with E-state index in [4.69, 9.17) is 9.47 Å². The molecule has 4 rings (SSSR count). The van der Waals surface area contributed by atoms with Crippen LogP contribution in [-0.4, -0.2) is 88.1 Å². The number of hydrogen-bond donors (Lipinski definition) is 1. The highest BCUT2D eigenvalue weighted by Gasteiger charge is 2.38. The van der Waals surface area contributed by atoms with Crippen molar-refractivity contribution in [2.45, 2.75) is 89.3 Å². The summed E-state index contributed by atoms with van der Waals surface area (Å²) in [5.74, 6) is -1.51. The summed E-state index contributed by atoms with van der Waals surface area (Å²) < 4.78 is 11.2. The molecule has 3 atom stereocenters. The van der Waals surface area contributed by atoms with E-state index < -0.39 is 35.2 Å². The lowest BCUT2D eigenvalue weighted by Crippen LogP contribution is -2.54. The van der Waals surface area contributed by atoms with Crippen LogP contribution in [0.5, 0.6) is 0 Å². The van der Waals surface area contributed by atoms with Crippen molar-refractivity contribution >= 4 is 52.8 Å². The highest BCUT2D eigenvalue weighted by atomic mass is 32.2. The summed E-state index contributed by atoms with van der Waals surface area (Å²) in [5, 5.41) is 5.21. The van der Waals surface area contributed by atoms with E-state index in [0.29, 0.717) is 42.7 Å². The monoisotopic (exact) mass is 657 g/mol. The van der Waals surface area contributed by atoms with E-state index in [0.717, 1.165) is 4.88 Å². The third kappa shape index (κ3) is 9.40. The summed E-state index contributed by atoms with van der Waals surface area (Å²) in [6, 6.07) is 9.17. The van der Waals surface area contributed by atoms with Crippen LogP contribution in [0.2, 0.25) is 0 Å². The zero-order valence-electron chi connectivity index (χ0n) is 26.8. The topological polar surface area (TPSA) is 122 Å². The molecule has 1 aromatic heterocycles. The van der Waals surface area contributed by atoms with Crippen molar-refractivity contribution in [1.82, 2.24) is 15.1 Å². The molecule has 10 nitrogen and oxygen atoms in total. The Hall–Kier alpha value is -3.22. The van der Waals surface area contributed by atoms with E-state index in [9.17, 15) is 24.0 Å². The highest BCUT2D eigenvalue weighted by molar-refractivity contribution is 7.99. The van der Waals surface area contributed by atoms with Gasteiger partial charge in [-0.1, -0.05) is 18.2 Å². The number of nitrogens with one attached hydrogen (secondary N) is 1. The van der Waals surface area contributed by atoms with Gasteiger partial charge < -0.3 is 14.4 Å². The molecule has 45 heavy (non-hydrogen) atoms. The molecule has 2 aliphatic heterocycles. The van der Waals surface area contributed by atoms with Crippen LogP contribution in [0.15, 0.2) is 41.8 Å². The van der Waals surface area contributed by atoms with Gasteiger partial charge in [0, 0.05) is 23.7 Å². The predicted molar refractivity (Wildman–Crippen MR) is 174 cm³/mol. The van der Waals surface area contributed by atoms with Crippen molar-refractivity contribution in [2.75, 3.05) is 25.4 Å². The fourth-order valence-corrected chi connectivity index (χ4v) is 7.49. The average molecular weight is 658 g/mol. The lowest BCUT2D eigenvalue weighted by atomic mass is 10.1. The fraction of sp³-hybridized carbons (Fsp3) is 0.545. The maximum Gasteiger partial charge on any atom is 0.326 e. The Bertz CT molecular complexity index is 1360. The molecule has 244 valence electrons. The van der Waals surface area contributed by atoms with Gasteiger partial charge in [0.15, 0.2) is 0 Å². The van der Waals surface area contributed by atoms with Crippen LogP contribution in [0.4, 0.5) is 0 Å². The van der Waals surface area contributed by atoms with Gasteiger partial charge in [-0.05, 0) is 84.4 Å². The molecule has 2 unspecified atom stereocenters. The number of imide groups is 1. The summed E-state index contributed by atoms with van der Waals surface area (Å²) >= 11 is 3.20. The quantitative estimate of drug-likeness (QED) is 0.206. The summed E-state index contributed by atoms with van der Waals surface area (Å²) in [5.41, 5.74) is -0.638. The van der Waals surface area contributed by atoms with E-state index >= 15 is 0 Å². The third-order valence-electron chi connectivity index (χ3n) is 7.16. The van der Waals surface area contributed by atoms with Crippen molar-refractivity contribution in [3.05, 3.63) is 57.8 Å². The zero-order valence-corrected chi connectivity index (χ0v) is 28.4. The fourth-order valence-electron chi connectivity index (χ4n) is 5.23. The number of esters is 2. The molecular weight excluding hydrogens is 615 g/mol. The van der Waals surface area contributed by atoms with Crippen LogP contribution in [0, 0.1) is 0 Å². The van der Waals surface area contributed by atoms with Gasteiger partial charge in [0.05, 0.1) is 22.4 Å². The summed E-state index contributed by atoms with van der Waals surface area (Å²) in [7, 11) is 0. The first kappa shape index (κ1) is 34.6. The smallest absolute Gasteiger partial charge is 0.326 e. The number of amides is 3. The van der Waals surface area contributed by atoms with Crippen molar-refractivity contribution in [1.29, 1.82) is 0 Å². The highest BCUT2D eigenvalue weighted by Crippen LogP contribution is 2.36. The molecule has 3 amide bonds. The van der Waals surface area contributed by atoms with Gasteiger partial charge in [0.2, 0.25) is 5.91 Å². The second kappa shape index (κ2) is 14.5. The molecule has 0 aliphatic carbocycles. The van der Waals surface area contributed by atoms with Crippen molar-refractivity contribution in [3.63, 3.8) is 0 Å². The molecule has 0 spiro atoms. The first-order chi connectivity index (χ1) is 21.1. The maximum atomic E-state index is 13.9. The first-order valence-corrected chi connectivity index (χ1v) is 17.2. The van der Waals surface area contributed by atoms with E-state index in [-0.39, 0.29) is 36.1 Å². The van der Waals surface area contributed by atoms with Crippen molar-refractivity contribution < 1.29 is 33.4 Å². The minimum atomic E-state index is -0.817. The minimum absolute atomic E-state index is 0.0391. The molecule has 3 heterocycles. The Balaban J connectivity index is 1.46. The number of nitrogens with zero attached hydrogens (tertiary/aromatic N) is 2. The predicted octanol–water partition coefficient (Wildman–Crippen LogP) is 4.84. The Kier molecular flexibility index (Phi) is 11.1. The minimum Gasteiger partial charge on any atom is -0.459 e.